The van der Waals surface area contributed by atoms with Crippen molar-refractivity contribution in [2.75, 3.05) is 32.7 Å². The average molecular weight is 567 g/mol. The van der Waals surface area contributed by atoms with Crippen molar-refractivity contribution in [2.45, 2.75) is 57.3 Å². The molecule has 0 aliphatic heterocycles. The molecule has 3 rings (SSSR count). The van der Waals surface area contributed by atoms with Crippen LogP contribution in [-0.2, 0) is 44.9 Å². The first-order chi connectivity index (χ1) is 18.2. The smallest absolute Gasteiger partial charge is 0.465 e. The summed E-state index contributed by atoms with van der Waals surface area (Å²) >= 11 is 0. The highest BCUT2D eigenvalue weighted by atomic mass is 32.2. The van der Waals surface area contributed by atoms with Crippen LogP contribution in [0, 0.1) is 5.82 Å². The Morgan fingerprint density at radius 2 is 1.66 bits per heavy atom. The highest BCUT2D eigenvalue weighted by Gasteiger charge is 2.30. The van der Waals surface area contributed by atoms with Gasteiger partial charge in [0.15, 0.2) is 0 Å². The molecule has 0 saturated heterocycles. The molecule has 7 nitrogen and oxygen atoms in total. The fourth-order valence-electron chi connectivity index (χ4n) is 4.49. The lowest BCUT2D eigenvalue weighted by atomic mass is 9.90. The molecule has 1 aliphatic rings. The molecule has 0 bridgehead atoms. The van der Waals surface area contributed by atoms with Gasteiger partial charge in [0.2, 0.25) is 0 Å². The third-order valence-electron chi connectivity index (χ3n) is 6.36. The minimum atomic E-state index is -3.55. The molecule has 0 spiro atoms. The molecular weight excluding hydrogens is 530 g/mol. The zero-order chi connectivity index (χ0) is 27.7. The van der Waals surface area contributed by atoms with Crippen LogP contribution in [0.1, 0.15) is 62.6 Å². The fourth-order valence-corrected chi connectivity index (χ4v) is 6.22. The summed E-state index contributed by atoms with van der Waals surface area (Å²) in [6.45, 7) is 6.16. The molecule has 2 aromatic rings. The van der Waals surface area contributed by atoms with Gasteiger partial charge >= 0.3 is 13.8 Å². The van der Waals surface area contributed by atoms with E-state index in [0.29, 0.717) is 19.3 Å². The van der Waals surface area contributed by atoms with E-state index in [-0.39, 0.29) is 50.6 Å². The molecule has 0 fully saturated rings. The lowest BCUT2D eigenvalue weighted by molar-refractivity contribution is -0.142. The van der Waals surface area contributed by atoms with Crippen LogP contribution in [0.5, 0.6) is 0 Å². The standard InChI is InChI=1S/C28H36FO7PS/c1-5-34-37(31,35-6-2)36-16-8-7-15-33-28(30)19-26-20(3)25(24-14-11-22(29)18-27(24)26)17-21-9-12-23(13-10-21)38(4)32/h9-14,18,25H,5-8,15-17,19H2,1-4H3. The van der Waals surface area contributed by atoms with Gasteiger partial charge in [-0.1, -0.05) is 23.8 Å². The van der Waals surface area contributed by atoms with Gasteiger partial charge < -0.3 is 4.74 Å². The van der Waals surface area contributed by atoms with E-state index in [9.17, 15) is 18.0 Å². The molecular formula is C28H36FO7PS. The van der Waals surface area contributed by atoms with Gasteiger partial charge in [-0.3, -0.25) is 22.6 Å². The number of esters is 1. The van der Waals surface area contributed by atoms with Crippen LogP contribution in [-0.4, -0.2) is 42.9 Å². The molecule has 0 aromatic heterocycles. The first-order valence-electron chi connectivity index (χ1n) is 12.8. The number of halogens is 1. The van der Waals surface area contributed by atoms with E-state index < -0.39 is 18.6 Å². The Hall–Kier alpha value is -2.16. The Bertz CT molecular complexity index is 1200. The van der Waals surface area contributed by atoms with E-state index in [1.807, 2.05) is 31.2 Å². The van der Waals surface area contributed by atoms with Crippen LogP contribution in [0.4, 0.5) is 4.39 Å². The summed E-state index contributed by atoms with van der Waals surface area (Å²) in [6, 6.07) is 12.4. The maximum Gasteiger partial charge on any atom is 0.474 e. The van der Waals surface area contributed by atoms with Crippen molar-refractivity contribution in [3.63, 3.8) is 0 Å². The molecule has 2 aromatic carbocycles. The summed E-state index contributed by atoms with van der Waals surface area (Å²) in [5.41, 5.74) is 4.61. The predicted molar refractivity (Wildman–Crippen MR) is 146 cm³/mol. The molecule has 0 heterocycles. The van der Waals surface area contributed by atoms with Crippen molar-refractivity contribution in [3.8, 4) is 0 Å². The van der Waals surface area contributed by atoms with Crippen molar-refractivity contribution in [1.29, 1.82) is 0 Å². The Kier molecular flexibility index (Phi) is 11.4. The Balaban J connectivity index is 1.58. The molecule has 1 aliphatic carbocycles. The molecule has 208 valence electrons. The van der Waals surface area contributed by atoms with Gasteiger partial charge in [0.1, 0.15) is 5.82 Å². The summed E-state index contributed by atoms with van der Waals surface area (Å²) in [6.07, 6.45) is 3.42. The van der Waals surface area contributed by atoms with Crippen LogP contribution >= 0.6 is 7.82 Å². The van der Waals surface area contributed by atoms with Crippen LogP contribution < -0.4 is 0 Å². The largest absolute Gasteiger partial charge is 0.474 e. The molecule has 0 N–H and O–H groups in total. The van der Waals surface area contributed by atoms with Gasteiger partial charge in [-0.05, 0) is 86.6 Å². The summed E-state index contributed by atoms with van der Waals surface area (Å²) in [4.78, 5) is 13.4. The van der Waals surface area contributed by atoms with Gasteiger partial charge in [-0.2, -0.15) is 0 Å². The third-order valence-corrected chi connectivity index (χ3v) is 8.94. The minimum absolute atomic E-state index is 0.00916. The molecule has 0 amide bonds. The van der Waals surface area contributed by atoms with Crippen molar-refractivity contribution < 1.29 is 36.3 Å². The number of allylic oxidation sites excluding steroid dienone is 1. The number of phosphoric ester groups is 1. The molecule has 2 atom stereocenters. The van der Waals surface area contributed by atoms with E-state index in [1.54, 1.807) is 26.2 Å². The Labute approximate surface area is 226 Å². The van der Waals surface area contributed by atoms with Gasteiger partial charge in [0.25, 0.3) is 0 Å². The van der Waals surface area contributed by atoms with E-state index in [0.717, 1.165) is 32.7 Å². The highest BCUT2D eigenvalue weighted by molar-refractivity contribution is 7.84. The van der Waals surface area contributed by atoms with Crippen molar-refractivity contribution in [3.05, 3.63) is 70.5 Å². The second-order valence-corrected chi connectivity index (χ2v) is 12.0. The van der Waals surface area contributed by atoms with Crippen LogP contribution in [0.25, 0.3) is 5.57 Å². The summed E-state index contributed by atoms with van der Waals surface area (Å²) in [5, 5.41) is 0. The number of ether oxygens (including phenoxy) is 1. The van der Waals surface area contributed by atoms with Gasteiger partial charge in [-0.25, -0.2) is 8.96 Å². The second-order valence-electron chi connectivity index (χ2n) is 8.97. The fraction of sp³-hybridized carbons (Fsp3) is 0.464. The maximum atomic E-state index is 14.2. The monoisotopic (exact) mass is 566 g/mol. The normalized spacial score (nSPS) is 16.0. The van der Waals surface area contributed by atoms with E-state index >= 15 is 0 Å². The van der Waals surface area contributed by atoms with E-state index in [4.69, 9.17) is 18.3 Å². The molecule has 2 unspecified atom stereocenters. The minimum Gasteiger partial charge on any atom is -0.465 e. The quantitative estimate of drug-likeness (QED) is 0.137. The number of fused-ring (bicyclic) bond motifs is 1. The first kappa shape index (κ1) is 30.4. The van der Waals surface area contributed by atoms with E-state index in [1.165, 1.54) is 12.1 Å². The summed E-state index contributed by atoms with van der Waals surface area (Å²) in [7, 11) is -4.59. The Morgan fingerprint density at radius 1 is 1.00 bits per heavy atom. The number of carbonyl (C=O) groups is 1. The second kappa shape index (κ2) is 14.3. The van der Waals surface area contributed by atoms with Gasteiger partial charge in [0.05, 0.1) is 32.8 Å². The number of phosphoric acid groups is 1. The van der Waals surface area contributed by atoms with Crippen molar-refractivity contribution in [2.24, 2.45) is 0 Å². The number of hydrogen-bond acceptors (Lipinski definition) is 7. The molecule has 38 heavy (non-hydrogen) atoms. The average Bonchev–Trinajstić information content (AvgIpc) is 3.12. The predicted octanol–water partition coefficient (Wildman–Crippen LogP) is 6.59. The Morgan fingerprint density at radius 3 is 2.29 bits per heavy atom. The summed E-state index contributed by atoms with van der Waals surface area (Å²) < 4.78 is 59.0. The zero-order valence-electron chi connectivity index (χ0n) is 22.4. The van der Waals surface area contributed by atoms with Gasteiger partial charge in [0, 0.05) is 27.9 Å². The van der Waals surface area contributed by atoms with Crippen molar-refractivity contribution in [1.82, 2.24) is 0 Å². The lowest BCUT2D eigenvalue weighted by Gasteiger charge is -2.16. The number of hydrogen-bond donors (Lipinski definition) is 0. The first-order valence-corrected chi connectivity index (χ1v) is 15.8. The summed E-state index contributed by atoms with van der Waals surface area (Å²) in [5.74, 6) is -0.732. The van der Waals surface area contributed by atoms with Crippen molar-refractivity contribution >= 4 is 30.2 Å². The molecule has 0 saturated carbocycles. The lowest BCUT2D eigenvalue weighted by Crippen LogP contribution is -2.08. The number of carbonyl (C=O) groups excluding carboxylic acids is 1. The number of unbranched alkanes of at least 4 members (excludes halogenated alkanes) is 1. The maximum absolute atomic E-state index is 14.2. The number of rotatable bonds is 15. The van der Waals surface area contributed by atoms with Gasteiger partial charge in [-0.15, -0.1) is 0 Å². The topological polar surface area (TPSA) is 88.1 Å². The number of benzene rings is 2. The van der Waals surface area contributed by atoms with Crippen LogP contribution in [0.2, 0.25) is 0 Å². The van der Waals surface area contributed by atoms with E-state index in [2.05, 4.69) is 0 Å². The SMILES string of the molecule is CCOP(=O)(OCC)OCCCCOC(=O)CC1=C(C)C(Cc2ccc(S(C)=O)cc2)c2ccc(F)cc21. The van der Waals surface area contributed by atoms with Crippen LogP contribution in [0.3, 0.4) is 0 Å². The molecule has 10 heteroatoms. The highest BCUT2D eigenvalue weighted by Crippen LogP contribution is 2.49. The molecule has 0 radical (unpaired) electrons. The van der Waals surface area contributed by atoms with Crippen LogP contribution in [0.15, 0.2) is 52.9 Å². The third kappa shape index (κ3) is 8.17. The zero-order valence-corrected chi connectivity index (χ0v) is 24.1.